The number of guanidine groups is 1. The zero-order valence-electron chi connectivity index (χ0n) is 12.7. The Hall–Kier alpha value is -2.30. The van der Waals surface area contributed by atoms with Gasteiger partial charge in [0.2, 0.25) is 0 Å². The second-order valence-electron chi connectivity index (χ2n) is 5.24. The number of hydrogen-bond donors (Lipinski definition) is 2. The highest BCUT2D eigenvalue weighted by Gasteiger charge is 2.03. The van der Waals surface area contributed by atoms with Crippen molar-refractivity contribution in [3.05, 3.63) is 48.3 Å². The maximum atomic E-state index is 5.94. The van der Waals surface area contributed by atoms with Crippen molar-refractivity contribution in [2.24, 2.45) is 16.6 Å². The first-order chi connectivity index (χ1) is 10.2. The Balaban J connectivity index is 1.85. The quantitative estimate of drug-likeness (QED) is 0.633. The summed E-state index contributed by atoms with van der Waals surface area (Å²) in [5.41, 5.74) is 8.19. The Labute approximate surface area is 125 Å². The molecule has 1 heterocycles. The zero-order chi connectivity index (χ0) is 15.1. The molecule has 0 aliphatic heterocycles. The van der Waals surface area contributed by atoms with Crippen molar-refractivity contribution in [1.29, 1.82) is 0 Å². The molecule has 0 radical (unpaired) electrons. The Kier molecular flexibility index (Phi) is 5.37. The molecule has 3 N–H and O–H groups in total. The number of aryl methyl sites for hydroxylation is 1. The summed E-state index contributed by atoms with van der Waals surface area (Å²) in [6.45, 7) is 5.78. The van der Waals surface area contributed by atoms with Crippen LogP contribution in [0.2, 0.25) is 0 Å². The number of rotatable bonds is 6. The van der Waals surface area contributed by atoms with Crippen molar-refractivity contribution in [3.8, 4) is 0 Å². The molecular formula is C16H23N5. The molecule has 5 heteroatoms. The van der Waals surface area contributed by atoms with Crippen LogP contribution < -0.4 is 11.1 Å². The van der Waals surface area contributed by atoms with Gasteiger partial charge in [-0.3, -0.25) is 9.67 Å². The Bertz CT molecular complexity index is 574. The van der Waals surface area contributed by atoms with Gasteiger partial charge in [-0.15, -0.1) is 0 Å². The van der Waals surface area contributed by atoms with E-state index in [9.17, 15) is 0 Å². The predicted molar refractivity (Wildman–Crippen MR) is 87.3 cm³/mol. The summed E-state index contributed by atoms with van der Waals surface area (Å²) in [7, 11) is 0. The van der Waals surface area contributed by atoms with Gasteiger partial charge < -0.3 is 11.1 Å². The summed E-state index contributed by atoms with van der Waals surface area (Å²) in [5.74, 6) is 0.836. The molecule has 0 spiro atoms. The fraction of sp³-hybridized carbons (Fsp3) is 0.375. The van der Waals surface area contributed by atoms with Crippen LogP contribution in [-0.4, -0.2) is 22.3 Å². The van der Waals surface area contributed by atoms with Crippen LogP contribution in [0.1, 0.15) is 19.4 Å². The summed E-state index contributed by atoms with van der Waals surface area (Å²) < 4.78 is 1.91. The summed E-state index contributed by atoms with van der Waals surface area (Å²) in [6.07, 6.45) is 4.75. The van der Waals surface area contributed by atoms with E-state index in [0.717, 1.165) is 18.7 Å². The molecule has 0 amide bonds. The van der Waals surface area contributed by atoms with E-state index in [1.54, 1.807) is 6.20 Å². The average molecular weight is 285 g/mol. The number of nitrogens with one attached hydrogen (secondary N) is 1. The lowest BCUT2D eigenvalue weighted by Gasteiger charge is -2.10. The maximum absolute atomic E-state index is 5.94. The van der Waals surface area contributed by atoms with E-state index in [2.05, 4.69) is 41.4 Å². The van der Waals surface area contributed by atoms with Gasteiger partial charge in [-0.05, 0) is 36.1 Å². The average Bonchev–Trinajstić information content (AvgIpc) is 2.98. The van der Waals surface area contributed by atoms with Crippen LogP contribution in [0.3, 0.4) is 0 Å². The van der Waals surface area contributed by atoms with Crippen molar-refractivity contribution < 1.29 is 0 Å². The van der Waals surface area contributed by atoms with Crippen LogP contribution in [0.15, 0.2) is 47.7 Å². The number of anilines is 1. The van der Waals surface area contributed by atoms with E-state index in [0.29, 0.717) is 18.4 Å². The standard InChI is InChI=1S/C16H23N5/c1-3-14-6-4-7-15(10-14)20-16(17)18-11-13(2)12-21-9-5-8-19-21/h4-10,13H,3,11-12H2,1-2H3,(H3,17,18,20). The topological polar surface area (TPSA) is 68.2 Å². The van der Waals surface area contributed by atoms with Crippen LogP contribution in [0, 0.1) is 5.92 Å². The second kappa shape index (κ2) is 7.47. The van der Waals surface area contributed by atoms with E-state index in [1.165, 1.54) is 5.56 Å². The Morgan fingerprint density at radius 2 is 2.29 bits per heavy atom. The Morgan fingerprint density at radius 1 is 1.43 bits per heavy atom. The fourth-order valence-corrected chi connectivity index (χ4v) is 2.10. The SMILES string of the molecule is CCc1cccc(NC(N)=NCC(C)Cn2cccn2)c1. The van der Waals surface area contributed by atoms with E-state index in [-0.39, 0.29) is 0 Å². The highest BCUT2D eigenvalue weighted by atomic mass is 15.3. The molecule has 0 bridgehead atoms. The number of nitrogens with two attached hydrogens (primary N) is 1. The highest BCUT2D eigenvalue weighted by molar-refractivity contribution is 5.92. The molecule has 5 nitrogen and oxygen atoms in total. The fourth-order valence-electron chi connectivity index (χ4n) is 2.10. The first kappa shape index (κ1) is 15.1. The van der Waals surface area contributed by atoms with Crippen LogP contribution >= 0.6 is 0 Å². The minimum Gasteiger partial charge on any atom is -0.370 e. The minimum absolute atomic E-state index is 0.382. The molecule has 0 fully saturated rings. The molecule has 1 atom stereocenters. The predicted octanol–water partition coefficient (Wildman–Crippen LogP) is 2.51. The first-order valence-electron chi connectivity index (χ1n) is 7.30. The number of hydrogen-bond acceptors (Lipinski definition) is 2. The van der Waals surface area contributed by atoms with E-state index in [1.807, 2.05) is 29.1 Å². The van der Waals surface area contributed by atoms with E-state index >= 15 is 0 Å². The van der Waals surface area contributed by atoms with Crippen LogP contribution in [0.5, 0.6) is 0 Å². The third-order valence-corrected chi connectivity index (χ3v) is 3.24. The molecule has 112 valence electrons. The van der Waals surface area contributed by atoms with Crippen LogP contribution in [0.4, 0.5) is 5.69 Å². The van der Waals surface area contributed by atoms with Gasteiger partial charge in [-0.25, -0.2) is 0 Å². The number of aliphatic imine (C=N–C) groups is 1. The van der Waals surface area contributed by atoms with Gasteiger partial charge in [0.25, 0.3) is 0 Å². The van der Waals surface area contributed by atoms with Gasteiger partial charge >= 0.3 is 0 Å². The molecule has 0 aliphatic carbocycles. The largest absolute Gasteiger partial charge is 0.370 e. The van der Waals surface area contributed by atoms with Gasteiger partial charge in [0, 0.05) is 31.2 Å². The number of benzene rings is 1. The molecule has 1 aromatic carbocycles. The third kappa shape index (κ3) is 4.95. The molecular weight excluding hydrogens is 262 g/mol. The molecule has 21 heavy (non-hydrogen) atoms. The molecule has 1 unspecified atom stereocenters. The van der Waals surface area contributed by atoms with E-state index < -0.39 is 0 Å². The molecule has 0 saturated carbocycles. The number of nitrogens with zero attached hydrogens (tertiary/aromatic N) is 3. The van der Waals surface area contributed by atoms with Crippen LogP contribution in [0.25, 0.3) is 0 Å². The highest BCUT2D eigenvalue weighted by Crippen LogP contribution is 2.10. The number of aromatic nitrogens is 2. The Morgan fingerprint density at radius 3 is 3.00 bits per heavy atom. The summed E-state index contributed by atoms with van der Waals surface area (Å²) >= 11 is 0. The smallest absolute Gasteiger partial charge is 0.193 e. The van der Waals surface area contributed by atoms with Crippen molar-refractivity contribution in [2.75, 3.05) is 11.9 Å². The van der Waals surface area contributed by atoms with Gasteiger partial charge in [-0.1, -0.05) is 26.0 Å². The summed E-state index contributed by atoms with van der Waals surface area (Å²) in [5, 5.41) is 7.33. The summed E-state index contributed by atoms with van der Waals surface area (Å²) in [4.78, 5) is 4.40. The second-order valence-corrected chi connectivity index (χ2v) is 5.24. The lowest BCUT2D eigenvalue weighted by Crippen LogP contribution is -2.24. The normalized spacial score (nSPS) is 13.1. The molecule has 0 aliphatic rings. The van der Waals surface area contributed by atoms with Crippen molar-refractivity contribution in [1.82, 2.24) is 9.78 Å². The van der Waals surface area contributed by atoms with Crippen molar-refractivity contribution in [2.45, 2.75) is 26.8 Å². The lowest BCUT2D eigenvalue weighted by atomic mass is 10.1. The third-order valence-electron chi connectivity index (χ3n) is 3.24. The molecule has 0 saturated heterocycles. The van der Waals surface area contributed by atoms with Gasteiger partial charge in [0.15, 0.2) is 5.96 Å². The van der Waals surface area contributed by atoms with Gasteiger partial charge in [0.05, 0.1) is 0 Å². The minimum atomic E-state index is 0.382. The van der Waals surface area contributed by atoms with Gasteiger partial charge in [-0.2, -0.15) is 5.10 Å². The first-order valence-corrected chi connectivity index (χ1v) is 7.30. The van der Waals surface area contributed by atoms with Crippen LogP contribution in [-0.2, 0) is 13.0 Å². The molecule has 1 aromatic heterocycles. The van der Waals surface area contributed by atoms with Crippen molar-refractivity contribution >= 4 is 11.6 Å². The van der Waals surface area contributed by atoms with E-state index in [4.69, 9.17) is 5.73 Å². The summed E-state index contributed by atoms with van der Waals surface area (Å²) in [6, 6.07) is 10.1. The maximum Gasteiger partial charge on any atom is 0.193 e. The zero-order valence-corrected chi connectivity index (χ0v) is 12.7. The van der Waals surface area contributed by atoms with Crippen molar-refractivity contribution in [3.63, 3.8) is 0 Å². The molecule has 2 rings (SSSR count). The monoisotopic (exact) mass is 285 g/mol. The molecule has 2 aromatic rings. The van der Waals surface area contributed by atoms with Gasteiger partial charge in [0.1, 0.15) is 0 Å². The lowest BCUT2D eigenvalue weighted by molar-refractivity contribution is 0.459.